The molecule has 0 aliphatic carbocycles. The van der Waals surface area contributed by atoms with E-state index in [2.05, 4.69) is 4.40 Å². The van der Waals surface area contributed by atoms with E-state index in [1.54, 1.807) is 39.8 Å². The molecule has 1 unspecified atom stereocenters. The fourth-order valence-corrected chi connectivity index (χ4v) is 1.87. The minimum Gasteiger partial charge on any atom is -0.591 e. The van der Waals surface area contributed by atoms with Gasteiger partial charge in [0.15, 0.2) is 0 Å². The van der Waals surface area contributed by atoms with Crippen LogP contribution in [0.25, 0.3) is 0 Å². The van der Waals surface area contributed by atoms with E-state index < -0.39 is 28.6 Å². The standard InChI is InChI=1S/C13H17F2NOS/c1-9-6-5-7-10(12(9)15)11(8-14)16-18(17)13(2,3)4/h5-7H,8H2,1-4H3. The molecule has 5 heteroatoms. The minimum absolute atomic E-state index is 0.0788. The summed E-state index contributed by atoms with van der Waals surface area (Å²) in [4.78, 5) is 0. The van der Waals surface area contributed by atoms with Gasteiger partial charge in [-0.15, -0.1) is 0 Å². The molecule has 0 saturated heterocycles. The molecule has 0 N–H and O–H groups in total. The highest BCUT2D eigenvalue weighted by Gasteiger charge is 2.28. The number of rotatable bonds is 3. The molecule has 1 aromatic carbocycles. The summed E-state index contributed by atoms with van der Waals surface area (Å²) in [7, 11) is 0. The Labute approximate surface area is 109 Å². The normalized spacial score (nSPS) is 14.7. The van der Waals surface area contributed by atoms with Gasteiger partial charge in [-0.05, 0) is 39.3 Å². The number of halogens is 2. The third-order valence-corrected chi connectivity index (χ3v) is 3.78. The Balaban J connectivity index is 3.18. The number of nitrogens with zero attached hydrogens (tertiary/aromatic N) is 1. The predicted octanol–water partition coefficient (Wildman–Crippen LogP) is 3.35. The van der Waals surface area contributed by atoms with Crippen LogP contribution < -0.4 is 0 Å². The average Bonchev–Trinajstić information content (AvgIpc) is 2.28. The van der Waals surface area contributed by atoms with Crippen molar-refractivity contribution in [1.82, 2.24) is 0 Å². The Morgan fingerprint density at radius 3 is 2.50 bits per heavy atom. The lowest BCUT2D eigenvalue weighted by Crippen LogP contribution is -2.27. The first-order valence-electron chi connectivity index (χ1n) is 5.58. The summed E-state index contributed by atoms with van der Waals surface area (Å²) in [5.41, 5.74) is 0.384. The second kappa shape index (κ2) is 5.80. The minimum atomic E-state index is -1.60. The lowest BCUT2D eigenvalue weighted by molar-refractivity contribution is 0.557. The van der Waals surface area contributed by atoms with Crippen molar-refractivity contribution in [2.75, 3.05) is 6.67 Å². The SMILES string of the molecule is Cc1cccc(C(CF)=N[S+]([O-])C(C)(C)C)c1F. The van der Waals surface area contributed by atoms with Gasteiger partial charge in [0, 0.05) is 5.56 Å². The number of aryl methyl sites for hydroxylation is 1. The molecule has 100 valence electrons. The van der Waals surface area contributed by atoms with E-state index in [-0.39, 0.29) is 11.3 Å². The maximum absolute atomic E-state index is 13.8. The smallest absolute Gasteiger partial charge is 0.144 e. The van der Waals surface area contributed by atoms with Crippen LogP contribution in [-0.2, 0) is 11.4 Å². The first kappa shape index (κ1) is 15.1. The number of benzene rings is 1. The van der Waals surface area contributed by atoms with Gasteiger partial charge in [-0.25, -0.2) is 8.78 Å². The largest absolute Gasteiger partial charge is 0.591 e. The average molecular weight is 273 g/mol. The van der Waals surface area contributed by atoms with Gasteiger partial charge >= 0.3 is 0 Å². The van der Waals surface area contributed by atoms with Gasteiger partial charge in [0.1, 0.15) is 34.3 Å². The van der Waals surface area contributed by atoms with E-state index >= 15 is 0 Å². The lowest BCUT2D eigenvalue weighted by Gasteiger charge is -2.19. The fourth-order valence-electron chi connectivity index (χ4n) is 1.25. The Morgan fingerprint density at radius 2 is 2.00 bits per heavy atom. The number of alkyl halides is 1. The zero-order valence-corrected chi connectivity index (χ0v) is 11.8. The second-order valence-electron chi connectivity index (χ2n) is 4.97. The quantitative estimate of drug-likeness (QED) is 0.614. The van der Waals surface area contributed by atoms with Gasteiger partial charge < -0.3 is 4.55 Å². The highest BCUT2D eigenvalue weighted by Crippen LogP contribution is 2.20. The molecule has 0 bridgehead atoms. The van der Waals surface area contributed by atoms with Gasteiger partial charge in [0.25, 0.3) is 0 Å². The molecule has 1 rings (SSSR count). The van der Waals surface area contributed by atoms with E-state index in [0.717, 1.165) is 0 Å². The Morgan fingerprint density at radius 1 is 1.39 bits per heavy atom. The fraction of sp³-hybridized carbons (Fsp3) is 0.462. The van der Waals surface area contributed by atoms with Crippen molar-refractivity contribution in [1.29, 1.82) is 0 Å². The van der Waals surface area contributed by atoms with Crippen LogP contribution >= 0.6 is 0 Å². The van der Waals surface area contributed by atoms with Crippen LogP contribution in [0.1, 0.15) is 31.9 Å². The summed E-state index contributed by atoms with van der Waals surface area (Å²) in [6.45, 7) is 5.84. The number of hydrogen-bond donors (Lipinski definition) is 0. The zero-order valence-electron chi connectivity index (χ0n) is 11.0. The van der Waals surface area contributed by atoms with Gasteiger partial charge in [-0.2, -0.15) is 0 Å². The maximum Gasteiger partial charge on any atom is 0.144 e. The Kier molecular flexibility index (Phi) is 4.87. The van der Waals surface area contributed by atoms with Gasteiger partial charge in [0.2, 0.25) is 0 Å². The highest BCUT2D eigenvalue weighted by atomic mass is 32.2. The summed E-state index contributed by atoms with van der Waals surface area (Å²) in [6.07, 6.45) is 0. The van der Waals surface area contributed by atoms with E-state index in [1.807, 2.05) is 0 Å². The van der Waals surface area contributed by atoms with Crippen molar-refractivity contribution < 1.29 is 13.3 Å². The molecule has 0 amide bonds. The van der Waals surface area contributed by atoms with Crippen LogP contribution in [-0.4, -0.2) is 21.7 Å². The molecule has 0 radical (unpaired) electrons. The van der Waals surface area contributed by atoms with E-state index in [4.69, 9.17) is 0 Å². The van der Waals surface area contributed by atoms with Gasteiger partial charge in [-0.3, -0.25) is 0 Å². The third-order valence-electron chi connectivity index (χ3n) is 2.35. The van der Waals surface area contributed by atoms with Crippen LogP contribution in [0.3, 0.4) is 0 Å². The second-order valence-corrected chi connectivity index (χ2v) is 6.88. The van der Waals surface area contributed by atoms with Crippen LogP contribution in [0.15, 0.2) is 22.6 Å². The van der Waals surface area contributed by atoms with E-state index in [0.29, 0.717) is 5.56 Å². The molecule has 0 saturated carbocycles. The summed E-state index contributed by atoms with van der Waals surface area (Å²) >= 11 is -1.60. The van der Waals surface area contributed by atoms with E-state index in [9.17, 15) is 13.3 Å². The first-order chi connectivity index (χ1) is 8.27. The molecule has 1 aromatic rings. The molecule has 0 aliphatic heterocycles. The van der Waals surface area contributed by atoms with Crippen molar-refractivity contribution in [3.05, 3.63) is 35.1 Å². The third kappa shape index (κ3) is 3.53. The van der Waals surface area contributed by atoms with Crippen molar-refractivity contribution in [3.8, 4) is 0 Å². The zero-order chi connectivity index (χ0) is 13.9. The van der Waals surface area contributed by atoms with Crippen LogP contribution in [0.5, 0.6) is 0 Å². The molecule has 0 aliphatic rings. The van der Waals surface area contributed by atoms with Crippen LogP contribution in [0.2, 0.25) is 0 Å². The van der Waals surface area contributed by atoms with Crippen molar-refractivity contribution >= 4 is 17.1 Å². The summed E-state index contributed by atoms with van der Waals surface area (Å²) in [5.74, 6) is -0.514. The Bertz CT molecular complexity index is 455. The molecular formula is C13H17F2NOS. The molecule has 0 aromatic heterocycles. The first-order valence-corrected chi connectivity index (χ1v) is 6.69. The lowest BCUT2D eigenvalue weighted by atomic mass is 10.1. The maximum atomic E-state index is 13.8. The van der Waals surface area contributed by atoms with E-state index in [1.165, 1.54) is 6.07 Å². The molecule has 2 nitrogen and oxygen atoms in total. The molecule has 18 heavy (non-hydrogen) atoms. The molecule has 0 fully saturated rings. The molecule has 0 spiro atoms. The highest BCUT2D eigenvalue weighted by molar-refractivity contribution is 7.91. The van der Waals surface area contributed by atoms with Gasteiger partial charge in [-0.1, -0.05) is 16.5 Å². The van der Waals surface area contributed by atoms with Crippen molar-refractivity contribution in [2.45, 2.75) is 32.4 Å². The molecular weight excluding hydrogens is 256 g/mol. The van der Waals surface area contributed by atoms with Crippen molar-refractivity contribution in [2.24, 2.45) is 4.40 Å². The van der Waals surface area contributed by atoms with Crippen molar-refractivity contribution in [3.63, 3.8) is 0 Å². The topological polar surface area (TPSA) is 35.4 Å². The monoisotopic (exact) mass is 273 g/mol. The summed E-state index contributed by atoms with van der Waals surface area (Å²) < 4.78 is 41.9. The van der Waals surface area contributed by atoms with Gasteiger partial charge in [0.05, 0.1) is 0 Å². The number of hydrogen-bond acceptors (Lipinski definition) is 2. The van der Waals surface area contributed by atoms with Crippen LogP contribution in [0, 0.1) is 12.7 Å². The summed E-state index contributed by atoms with van der Waals surface area (Å²) in [5, 5.41) is 0. The molecule has 0 heterocycles. The molecule has 1 atom stereocenters. The van der Waals surface area contributed by atoms with Crippen LogP contribution in [0.4, 0.5) is 8.78 Å². The Hall–Kier alpha value is -0.940. The predicted molar refractivity (Wildman–Crippen MR) is 71.5 cm³/mol. The summed E-state index contributed by atoms with van der Waals surface area (Å²) in [6, 6.07) is 4.66.